The first kappa shape index (κ1) is 14.0. The van der Waals surface area contributed by atoms with Gasteiger partial charge in [-0.3, -0.25) is 0 Å². The molecule has 0 bridgehead atoms. The molecular weight excluding hydrogens is 309 g/mol. The molecule has 4 heteroatoms. The third-order valence-electron chi connectivity index (χ3n) is 2.83. The molecule has 0 aromatic heterocycles. The largest absolute Gasteiger partial charge is 0.489 e. The Morgan fingerprint density at radius 2 is 1.89 bits per heavy atom. The summed E-state index contributed by atoms with van der Waals surface area (Å²) in [5.74, 6) is 0.453. The Labute approximate surface area is 120 Å². The minimum absolute atomic E-state index is 0.00594. The molecule has 2 rings (SSSR count). The lowest BCUT2D eigenvalue weighted by molar-refractivity contribution is 0.304. The zero-order valence-electron chi connectivity index (χ0n) is 10.6. The van der Waals surface area contributed by atoms with Gasteiger partial charge in [0.25, 0.3) is 0 Å². The summed E-state index contributed by atoms with van der Waals surface area (Å²) in [6.45, 7) is 2.25. The molecule has 0 amide bonds. The van der Waals surface area contributed by atoms with Crippen LogP contribution in [-0.2, 0) is 6.61 Å². The van der Waals surface area contributed by atoms with Gasteiger partial charge in [-0.2, -0.15) is 0 Å². The Morgan fingerprint density at radius 3 is 2.53 bits per heavy atom. The molecule has 1 atom stereocenters. The van der Waals surface area contributed by atoms with Crippen LogP contribution in [0.4, 0.5) is 4.39 Å². The molecule has 100 valence electrons. The lowest BCUT2D eigenvalue weighted by Gasteiger charge is -2.10. The van der Waals surface area contributed by atoms with Gasteiger partial charge in [0.15, 0.2) is 0 Å². The zero-order chi connectivity index (χ0) is 13.8. The molecule has 0 fully saturated rings. The van der Waals surface area contributed by atoms with E-state index in [1.807, 2.05) is 37.3 Å². The van der Waals surface area contributed by atoms with Crippen LogP contribution in [0.2, 0.25) is 0 Å². The van der Waals surface area contributed by atoms with E-state index in [1.165, 1.54) is 6.07 Å². The van der Waals surface area contributed by atoms with Crippen LogP contribution in [-0.4, -0.2) is 0 Å². The molecule has 0 saturated heterocycles. The number of hydrogen-bond donors (Lipinski definition) is 1. The Hall–Kier alpha value is -1.39. The van der Waals surface area contributed by atoms with Crippen molar-refractivity contribution < 1.29 is 9.13 Å². The molecule has 2 aromatic rings. The number of hydrogen-bond acceptors (Lipinski definition) is 2. The van der Waals surface area contributed by atoms with Gasteiger partial charge < -0.3 is 10.5 Å². The number of ether oxygens (including phenoxy) is 1. The summed E-state index contributed by atoms with van der Waals surface area (Å²) >= 11 is 3.21. The molecule has 0 spiro atoms. The second-order valence-corrected chi connectivity index (χ2v) is 5.15. The maximum absolute atomic E-state index is 13.3. The second-order valence-electron chi connectivity index (χ2n) is 4.36. The highest BCUT2D eigenvalue weighted by molar-refractivity contribution is 9.10. The molecule has 2 N–H and O–H groups in total. The normalized spacial score (nSPS) is 12.2. The first-order valence-electron chi connectivity index (χ1n) is 5.99. The zero-order valence-corrected chi connectivity index (χ0v) is 12.2. The topological polar surface area (TPSA) is 35.2 Å². The molecule has 2 nitrogen and oxygen atoms in total. The van der Waals surface area contributed by atoms with Crippen LogP contribution in [0.1, 0.15) is 24.1 Å². The fourth-order valence-corrected chi connectivity index (χ4v) is 2.07. The first-order chi connectivity index (χ1) is 9.08. The van der Waals surface area contributed by atoms with Gasteiger partial charge in [-0.1, -0.05) is 24.3 Å². The van der Waals surface area contributed by atoms with Gasteiger partial charge in [0.1, 0.15) is 18.2 Å². The third-order valence-corrected chi connectivity index (χ3v) is 3.72. The van der Waals surface area contributed by atoms with Gasteiger partial charge >= 0.3 is 0 Å². The molecule has 0 aliphatic heterocycles. The Bertz CT molecular complexity index is 555. The maximum atomic E-state index is 13.3. The van der Waals surface area contributed by atoms with E-state index in [0.29, 0.717) is 11.1 Å². The van der Waals surface area contributed by atoms with Gasteiger partial charge in [0.05, 0.1) is 4.47 Å². The van der Waals surface area contributed by atoms with E-state index < -0.39 is 0 Å². The van der Waals surface area contributed by atoms with Gasteiger partial charge in [-0.15, -0.1) is 0 Å². The maximum Gasteiger partial charge on any atom is 0.137 e. The lowest BCUT2D eigenvalue weighted by Crippen LogP contribution is -2.04. The molecule has 2 aromatic carbocycles. The molecule has 0 aliphatic carbocycles. The number of rotatable bonds is 4. The minimum Gasteiger partial charge on any atom is -0.489 e. The van der Waals surface area contributed by atoms with E-state index >= 15 is 0 Å². The van der Waals surface area contributed by atoms with Crippen molar-refractivity contribution in [3.63, 3.8) is 0 Å². The summed E-state index contributed by atoms with van der Waals surface area (Å²) in [5.41, 5.74) is 7.61. The highest BCUT2D eigenvalue weighted by Crippen LogP contribution is 2.23. The third kappa shape index (κ3) is 3.55. The summed E-state index contributed by atoms with van der Waals surface area (Å²) in [7, 11) is 0. The smallest absolute Gasteiger partial charge is 0.137 e. The Morgan fingerprint density at radius 1 is 1.21 bits per heavy atom. The van der Waals surface area contributed by atoms with Crippen molar-refractivity contribution in [3.8, 4) is 5.75 Å². The van der Waals surface area contributed by atoms with E-state index in [4.69, 9.17) is 10.5 Å². The fraction of sp³-hybridized carbons (Fsp3) is 0.200. The highest BCUT2D eigenvalue weighted by atomic mass is 79.9. The van der Waals surface area contributed by atoms with E-state index in [9.17, 15) is 4.39 Å². The van der Waals surface area contributed by atoms with E-state index in [-0.39, 0.29) is 11.9 Å². The Balaban J connectivity index is 2.04. The quantitative estimate of drug-likeness (QED) is 0.915. The molecular formula is C15H15BrFNO. The Kier molecular flexibility index (Phi) is 4.56. The summed E-state index contributed by atoms with van der Waals surface area (Å²) in [6.07, 6.45) is 0. The summed E-state index contributed by atoms with van der Waals surface area (Å²) in [4.78, 5) is 0. The van der Waals surface area contributed by atoms with Gasteiger partial charge in [0, 0.05) is 11.6 Å². The van der Waals surface area contributed by atoms with Crippen molar-refractivity contribution in [1.29, 1.82) is 0 Å². The van der Waals surface area contributed by atoms with Crippen LogP contribution in [0.15, 0.2) is 46.9 Å². The van der Waals surface area contributed by atoms with E-state index in [0.717, 1.165) is 16.9 Å². The van der Waals surface area contributed by atoms with E-state index in [2.05, 4.69) is 15.9 Å². The van der Waals surface area contributed by atoms with Crippen LogP contribution in [0.5, 0.6) is 5.75 Å². The van der Waals surface area contributed by atoms with Crippen molar-refractivity contribution in [2.24, 2.45) is 5.73 Å². The van der Waals surface area contributed by atoms with Crippen LogP contribution < -0.4 is 10.5 Å². The number of nitrogens with two attached hydrogens (primary N) is 1. The van der Waals surface area contributed by atoms with Crippen LogP contribution in [0, 0.1) is 5.82 Å². The van der Waals surface area contributed by atoms with Gasteiger partial charge in [-0.05, 0) is 46.6 Å². The second kappa shape index (κ2) is 6.17. The monoisotopic (exact) mass is 323 g/mol. The molecule has 0 heterocycles. The summed E-state index contributed by atoms with van der Waals surface area (Å²) in [6, 6.07) is 12.5. The van der Waals surface area contributed by atoms with Gasteiger partial charge in [0.2, 0.25) is 0 Å². The molecule has 1 unspecified atom stereocenters. The average Bonchev–Trinajstić information content (AvgIpc) is 2.41. The molecule has 0 saturated carbocycles. The van der Waals surface area contributed by atoms with E-state index in [1.54, 1.807) is 6.07 Å². The standard InChI is InChI=1S/C15H15BrFNO/c1-10(18)11-5-7-13(8-6-11)19-9-12-3-2-4-14(17)15(12)16/h2-8,10H,9,18H2,1H3. The van der Waals surface area contributed by atoms with Gasteiger partial charge in [-0.25, -0.2) is 4.39 Å². The highest BCUT2D eigenvalue weighted by Gasteiger charge is 2.06. The van der Waals surface area contributed by atoms with Crippen molar-refractivity contribution in [2.75, 3.05) is 0 Å². The van der Waals surface area contributed by atoms with Crippen molar-refractivity contribution in [2.45, 2.75) is 19.6 Å². The average molecular weight is 324 g/mol. The molecule has 0 radical (unpaired) electrons. The number of halogens is 2. The van der Waals surface area contributed by atoms with Crippen LogP contribution in [0.25, 0.3) is 0 Å². The van der Waals surface area contributed by atoms with Crippen molar-refractivity contribution >= 4 is 15.9 Å². The fourth-order valence-electron chi connectivity index (χ4n) is 1.69. The minimum atomic E-state index is -0.284. The SMILES string of the molecule is CC(N)c1ccc(OCc2cccc(F)c2Br)cc1. The summed E-state index contributed by atoms with van der Waals surface area (Å²) in [5, 5.41) is 0. The lowest BCUT2D eigenvalue weighted by atomic mass is 10.1. The molecule has 19 heavy (non-hydrogen) atoms. The van der Waals surface area contributed by atoms with Crippen molar-refractivity contribution in [1.82, 2.24) is 0 Å². The molecule has 0 aliphatic rings. The summed E-state index contributed by atoms with van der Waals surface area (Å²) < 4.78 is 19.4. The van der Waals surface area contributed by atoms with Crippen molar-refractivity contribution in [3.05, 3.63) is 63.9 Å². The number of benzene rings is 2. The predicted molar refractivity (Wildman–Crippen MR) is 77.5 cm³/mol. The van der Waals surface area contributed by atoms with Crippen LogP contribution in [0.3, 0.4) is 0 Å². The van der Waals surface area contributed by atoms with Crippen LogP contribution >= 0.6 is 15.9 Å². The predicted octanol–water partition coefficient (Wildman–Crippen LogP) is 4.19. The first-order valence-corrected chi connectivity index (χ1v) is 6.78.